The molecule has 0 fully saturated rings. The molecule has 0 atom stereocenters. The van der Waals surface area contributed by atoms with E-state index in [1.807, 2.05) is 24.3 Å². The molecule has 0 bridgehead atoms. The number of ether oxygens (including phenoxy) is 1. The molecule has 1 amide bonds. The lowest BCUT2D eigenvalue weighted by Crippen LogP contribution is -2.10. The summed E-state index contributed by atoms with van der Waals surface area (Å²) in [6.45, 7) is 0.539. The van der Waals surface area contributed by atoms with Crippen LogP contribution in [0.1, 0.15) is 15.9 Å². The fourth-order valence-electron chi connectivity index (χ4n) is 2.80. The Bertz CT molecular complexity index is 1120. The number of benzene rings is 1. The number of halogens is 1. The van der Waals surface area contributed by atoms with Crippen molar-refractivity contribution in [1.29, 1.82) is 0 Å². The Hall–Kier alpha value is -3.32. The number of carbonyl (C=O) groups excluding carboxylic acids is 1. The molecule has 0 saturated heterocycles. The number of aromatic nitrogens is 4. The zero-order chi connectivity index (χ0) is 18.8. The van der Waals surface area contributed by atoms with E-state index in [0.29, 0.717) is 28.5 Å². The van der Waals surface area contributed by atoms with Crippen molar-refractivity contribution in [2.75, 3.05) is 12.4 Å². The average molecular weight is 382 g/mol. The van der Waals surface area contributed by atoms with Gasteiger partial charge in [-0.15, -0.1) is 0 Å². The van der Waals surface area contributed by atoms with Crippen molar-refractivity contribution in [3.63, 3.8) is 0 Å². The lowest BCUT2D eigenvalue weighted by molar-refractivity contribution is 0.102. The van der Waals surface area contributed by atoms with Crippen molar-refractivity contribution >= 4 is 34.2 Å². The van der Waals surface area contributed by atoms with Crippen LogP contribution >= 0.6 is 11.6 Å². The van der Waals surface area contributed by atoms with E-state index < -0.39 is 0 Å². The van der Waals surface area contributed by atoms with Crippen molar-refractivity contribution < 1.29 is 9.53 Å². The summed E-state index contributed by atoms with van der Waals surface area (Å²) in [6, 6.07) is 9.47. The molecule has 0 unspecified atom stereocenters. The van der Waals surface area contributed by atoms with Gasteiger partial charge in [0.25, 0.3) is 5.91 Å². The molecule has 136 valence electrons. The zero-order valence-electron chi connectivity index (χ0n) is 14.4. The quantitative estimate of drug-likeness (QED) is 0.551. The average Bonchev–Trinajstić information content (AvgIpc) is 3.29. The second-order valence-electron chi connectivity index (χ2n) is 5.98. The van der Waals surface area contributed by atoms with E-state index in [-0.39, 0.29) is 5.91 Å². The molecule has 3 heterocycles. The van der Waals surface area contributed by atoms with E-state index in [1.54, 1.807) is 36.4 Å². The van der Waals surface area contributed by atoms with Crippen LogP contribution in [0.5, 0.6) is 5.75 Å². The number of hydrogen-bond donors (Lipinski definition) is 2. The standard InChI is InChI=1S/C19H16ClN5O2/c1-27-15-4-2-3-12(5-15)10-25-11-13(7-23-25)19(26)24-17-9-22-18-16(17)6-14(20)8-21-18/h2-9,11H,10H2,1H3,(H,21,22)(H,24,26). The maximum atomic E-state index is 12.6. The highest BCUT2D eigenvalue weighted by Gasteiger charge is 2.13. The molecular formula is C19H16ClN5O2. The summed E-state index contributed by atoms with van der Waals surface area (Å²) in [7, 11) is 1.63. The second kappa shape index (κ2) is 7.13. The van der Waals surface area contributed by atoms with Crippen molar-refractivity contribution in [2.24, 2.45) is 0 Å². The lowest BCUT2D eigenvalue weighted by Gasteiger charge is -2.04. The van der Waals surface area contributed by atoms with Gasteiger partial charge in [0.05, 0.1) is 36.1 Å². The van der Waals surface area contributed by atoms with E-state index in [1.165, 1.54) is 6.20 Å². The Morgan fingerprint density at radius 1 is 1.33 bits per heavy atom. The van der Waals surface area contributed by atoms with Crippen molar-refractivity contribution in [3.05, 3.63) is 71.3 Å². The van der Waals surface area contributed by atoms with Crippen molar-refractivity contribution in [2.45, 2.75) is 6.54 Å². The number of rotatable bonds is 5. The predicted molar refractivity (Wildman–Crippen MR) is 103 cm³/mol. The number of nitrogens with zero attached hydrogens (tertiary/aromatic N) is 3. The number of methoxy groups -OCH3 is 1. The Kier molecular flexibility index (Phi) is 4.52. The van der Waals surface area contributed by atoms with Gasteiger partial charge < -0.3 is 15.0 Å². The number of hydrogen-bond acceptors (Lipinski definition) is 4. The maximum Gasteiger partial charge on any atom is 0.258 e. The van der Waals surface area contributed by atoms with Crippen LogP contribution in [0.15, 0.2) is 55.1 Å². The van der Waals surface area contributed by atoms with Crippen LogP contribution in [-0.4, -0.2) is 32.8 Å². The van der Waals surface area contributed by atoms with Crippen LogP contribution in [0.4, 0.5) is 5.69 Å². The molecule has 8 heteroatoms. The summed E-state index contributed by atoms with van der Waals surface area (Å²) >= 11 is 5.99. The highest BCUT2D eigenvalue weighted by atomic mass is 35.5. The summed E-state index contributed by atoms with van der Waals surface area (Å²) in [5.41, 5.74) is 2.76. The fraction of sp³-hybridized carbons (Fsp3) is 0.105. The van der Waals surface area contributed by atoms with Crippen LogP contribution in [-0.2, 0) is 6.54 Å². The molecule has 3 aromatic heterocycles. The minimum Gasteiger partial charge on any atom is -0.497 e. The van der Waals surface area contributed by atoms with E-state index in [9.17, 15) is 4.79 Å². The van der Waals surface area contributed by atoms with Gasteiger partial charge in [-0.1, -0.05) is 23.7 Å². The molecule has 0 aliphatic heterocycles. The molecule has 2 N–H and O–H groups in total. The minimum absolute atomic E-state index is 0.257. The molecule has 0 aliphatic rings. The highest BCUT2D eigenvalue weighted by molar-refractivity contribution is 6.31. The number of nitrogens with one attached hydrogen (secondary N) is 2. The van der Waals surface area contributed by atoms with E-state index >= 15 is 0 Å². The number of fused-ring (bicyclic) bond motifs is 1. The van der Waals surface area contributed by atoms with E-state index in [0.717, 1.165) is 16.7 Å². The van der Waals surface area contributed by atoms with Gasteiger partial charge in [-0.05, 0) is 23.8 Å². The fourth-order valence-corrected chi connectivity index (χ4v) is 2.96. The summed E-state index contributed by atoms with van der Waals surface area (Å²) in [4.78, 5) is 19.7. The van der Waals surface area contributed by atoms with Crippen molar-refractivity contribution in [3.8, 4) is 5.75 Å². The highest BCUT2D eigenvalue weighted by Crippen LogP contribution is 2.24. The number of carbonyl (C=O) groups is 1. The molecule has 0 saturated carbocycles. The zero-order valence-corrected chi connectivity index (χ0v) is 15.2. The van der Waals surface area contributed by atoms with Crippen LogP contribution in [0.2, 0.25) is 5.02 Å². The molecular weight excluding hydrogens is 366 g/mol. The van der Waals surface area contributed by atoms with Gasteiger partial charge in [0, 0.05) is 24.0 Å². The molecule has 27 heavy (non-hydrogen) atoms. The first-order valence-electron chi connectivity index (χ1n) is 8.22. The third-order valence-electron chi connectivity index (χ3n) is 4.12. The third kappa shape index (κ3) is 3.63. The largest absolute Gasteiger partial charge is 0.497 e. The third-order valence-corrected chi connectivity index (χ3v) is 4.33. The Labute approximate surface area is 159 Å². The smallest absolute Gasteiger partial charge is 0.258 e. The Morgan fingerprint density at radius 3 is 3.07 bits per heavy atom. The first-order valence-corrected chi connectivity index (χ1v) is 8.59. The number of aromatic amines is 1. The SMILES string of the molecule is COc1cccc(Cn2cc(C(=O)Nc3c[nH]c4ncc(Cl)cc34)cn2)c1. The Balaban J connectivity index is 1.50. The monoisotopic (exact) mass is 381 g/mol. The first-order chi connectivity index (χ1) is 13.1. The second-order valence-corrected chi connectivity index (χ2v) is 6.42. The lowest BCUT2D eigenvalue weighted by atomic mass is 10.2. The van der Waals surface area contributed by atoms with Gasteiger partial charge in [-0.3, -0.25) is 9.48 Å². The number of pyridine rings is 1. The molecule has 7 nitrogen and oxygen atoms in total. The molecule has 0 radical (unpaired) electrons. The van der Waals surface area contributed by atoms with Crippen LogP contribution in [0.3, 0.4) is 0 Å². The number of anilines is 1. The number of amides is 1. The normalized spacial score (nSPS) is 10.9. The van der Waals surface area contributed by atoms with Crippen molar-refractivity contribution in [1.82, 2.24) is 19.7 Å². The minimum atomic E-state index is -0.257. The van der Waals surface area contributed by atoms with E-state index in [2.05, 4.69) is 20.4 Å². The predicted octanol–water partition coefficient (Wildman–Crippen LogP) is 3.72. The molecule has 4 rings (SSSR count). The van der Waals surface area contributed by atoms with Gasteiger partial charge in [-0.2, -0.15) is 5.10 Å². The van der Waals surface area contributed by atoms with Gasteiger partial charge >= 0.3 is 0 Å². The van der Waals surface area contributed by atoms with Gasteiger partial charge in [-0.25, -0.2) is 4.98 Å². The van der Waals surface area contributed by atoms with Crippen LogP contribution in [0, 0.1) is 0 Å². The summed E-state index contributed by atoms with van der Waals surface area (Å²) in [5, 5.41) is 8.38. The van der Waals surface area contributed by atoms with Crippen LogP contribution < -0.4 is 10.1 Å². The molecule has 0 spiro atoms. The Morgan fingerprint density at radius 2 is 2.22 bits per heavy atom. The summed E-state index contributed by atoms with van der Waals surface area (Å²) in [6.07, 6.45) is 6.48. The molecule has 4 aromatic rings. The van der Waals surface area contributed by atoms with Crippen LogP contribution in [0.25, 0.3) is 11.0 Å². The summed E-state index contributed by atoms with van der Waals surface area (Å²) in [5.74, 6) is 0.525. The number of H-pyrrole nitrogens is 1. The van der Waals surface area contributed by atoms with Gasteiger partial charge in [0.2, 0.25) is 0 Å². The maximum absolute atomic E-state index is 12.6. The van der Waals surface area contributed by atoms with Gasteiger partial charge in [0.15, 0.2) is 0 Å². The van der Waals surface area contributed by atoms with E-state index in [4.69, 9.17) is 16.3 Å². The molecule has 0 aliphatic carbocycles. The van der Waals surface area contributed by atoms with Gasteiger partial charge in [0.1, 0.15) is 11.4 Å². The topological polar surface area (TPSA) is 84.8 Å². The molecule has 1 aromatic carbocycles. The first kappa shape index (κ1) is 17.1. The summed E-state index contributed by atoms with van der Waals surface area (Å²) < 4.78 is 6.93.